The van der Waals surface area contributed by atoms with E-state index in [1.54, 1.807) is 66.2 Å². The van der Waals surface area contributed by atoms with E-state index < -0.39 is 23.2 Å². The zero-order valence-electron chi connectivity index (χ0n) is 15.9. The number of anilines is 1. The predicted molar refractivity (Wildman–Crippen MR) is 110 cm³/mol. The molecule has 1 unspecified atom stereocenters. The fourth-order valence-corrected chi connectivity index (χ4v) is 3.29. The van der Waals surface area contributed by atoms with Crippen molar-refractivity contribution in [1.29, 1.82) is 0 Å². The number of rotatable bonds is 5. The first-order valence-corrected chi connectivity index (χ1v) is 9.02. The monoisotopic (exact) mass is 389 g/mol. The Morgan fingerprint density at radius 1 is 0.966 bits per heavy atom. The van der Waals surface area contributed by atoms with Crippen LogP contribution in [0.3, 0.4) is 0 Å². The lowest BCUT2D eigenvalue weighted by molar-refractivity contribution is 0.0935. The van der Waals surface area contributed by atoms with Gasteiger partial charge in [-0.2, -0.15) is 0 Å². The maximum atomic E-state index is 13.3. The summed E-state index contributed by atoms with van der Waals surface area (Å²) in [5.41, 5.74) is 0.303. The van der Waals surface area contributed by atoms with Crippen LogP contribution in [-0.4, -0.2) is 24.5 Å². The van der Waals surface area contributed by atoms with Crippen molar-refractivity contribution >= 4 is 22.6 Å². The van der Waals surface area contributed by atoms with Gasteiger partial charge in [0.15, 0.2) is 17.3 Å². The van der Waals surface area contributed by atoms with Crippen LogP contribution in [0.2, 0.25) is 0 Å². The Hall–Kier alpha value is -3.94. The van der Waals surface area contributed by atoms with Crippen molar-refractivity contribution in [2.45, 2.75) is 6.17 Å². The highest BCUT2D eigenvalue weighted by Crippen LogP contribution is 2.17. The lowest BCUT2D eigenvalue weighted by atomic mass is 10.1. The van der Waals surface area contributed by atoms with E-state index >= 15 is 0 Å². The van der Waals surface area contributed by atoms with Crippen molar-refractivity contribution in [2.24, 2.45) is 14.1 Å². The van der Waals surface area contributed by atoms with E-state index in [0.717, 1.165) is 4.57 Å². The first-order valence-electron chi connectivity index (χ1n) is 9.02. The van der Waals surface area contributed by atoms with E-state index in [4.69, 9.17) is 0 Å². The number of benzene rings is 2. The molecule has 0 amide bonds. The number of hydrogen-bond acceptors (Lipinski definition) is 5. The van der Waals surface area contributed by atoms with E-state index in [0.29, 0.717) is 11.3 Å². The number of fused-ring (bicyclic) bond motifs is 1. The number of ketones is 1. The Kier molecular flexibility index (Phi) is 4.59. The first kappa shape index (κ1) is 18.4. The standard InChI is InChI=1S/C21H19N5O3/c1-24-13-22-18-16(24)20(28)26(21(29)25(18)2)19(23-15-11-7-4-8-12-15)17(27)14-9-5-3-6-10-14/h3-13,19,23H,1-2H3. The fourth-order valence-electron chi connectivity index (χ4n) is 3.29. The molecule has 0 aliphatic rings. The van der Waals surface area contributed by atoms with Gasteiger partial charge in [-0.1, -0.05) is 48.5 Å². The number of Topliss-reactive ketones (excluding diaryl/α,β-unsaturated/α-hetero) is 1. The number of nitrogens with one attached hydrogen (secondary N) is 1. The number of aryl methyl sites for hydroxylation is 2. The van der Waals surface area contributed by atoms with E-state index in [-0.39, 0.29) is 11.2 Å². The average molecular weight is 389 g/mol. The van der Waals surface area contributed by atoms with Crippen LogP contribution in [-0.2, 0) is 14.1 Å². The molecular formula is C21H19N5O3. The third-order valence-corrected chi connectivity index (χ3v) is 4.79. The maximum absolute atomic E-state index is 13.3. The van der Waals surface area contributed by atoms with Crippen LogP contribution in [0.5, 0.6) is 0 Å². The van der Waals surface area contributed by atoms with Gasteiger partial charge in [-0.15, -0.1) is 0 Å². The molecule has 0 aliphatic heterocycles. The van der Waals surface area contributed by atoms with Crippen molar-refractivity contribution in [1.82, 2.24) is 18.7 Å². The van der Waals surface area contributed by atoms with Crippen molar-refractivity contribution in [3.05, 3.63) is 93.4 Å². The predicted octanol–water partition coefficient (Wildman–Crippen LogP) is 1.93. The first-order chi connectivity index (χ1) is 14.0. The third-order valence-electron chi connectivity index (χ3n) is 4.79. The minimum absolute atomic E-state index is 0.243. The molecule has 0 fully saturated rings. The molecule has 0 spiro atoms. The molecule has 4 aromatic rings. The number of hydrogen-bond donors (Lipinski definition) is 1. The van der Waals surface area contributed by atoms with E-state index in [9.17, 15) is 14.4 Å². The molecule has 0 bridgehead atoms. The number of para-hydroxylation sites is 1. The summed E-state index contributed by atoms with van der Waals surface area (Å²) in [6.07, 6.45) is 0.249. The van der Waals surface area contributed by atoms with Crippen molar-refractivity contribution in [3.8, 4) is 0 Å². The molecule has 8 nitrogen and oxygen atoms in total. The Morgan fingerprint density at radius 3 is 2.24 bits per heavy atom. The zero-order valence-corrected chi connectivity index (χ0v) is 15.9. The molecule has 0 saturated carbocycles. The number of carbonyl (C=O) groups is 1. The highest BCUT2D eigenvalue weighted by molar-refractivity contribution is 6.00. The van der Waals surface area contributed by atoms with Crippen LogP contribution < -0.4 is 16.6 Å². The second kappa shape index (κ2) is 7.23. The topological polar surface area (TPSA) is 90.9 Å². The van der Waals surface area contributed by atoms with Gasteiger partial charge < -0.3 is 9.88 Å². The normalized spacial score (nSPS) is 12.1. The van der Waals surface area contributed by atoms with Crippen LogP contribution in [0, 0.1) is 0 Å². The van der Waals surface area contributed by atoms with Gasteiger partial charge in [0.1, 0.15) is 0 Å². The van der Waals surface area contributed by atoms with Gasteiger partial charge in [0.05, 0.1) is 6.33 Å². The van der Waals surface area contributed by atoms with E-state index in [1.807, 2.05) is 6.07 Å². The number of nitrogens with zero attached hydrogens (tertiary/aromatic N) is 4. The van der Waals surface area contributed by atoms with Crippen LogP contribution >= 0.6 is 0 Å². The fraction of sp³-hybridized carbons (Fsp3) is 0.143. The molecule has 1 atom stereocenters. The quantitative estimate of drug-likeness (QED) is 0.527. The number of aromatic nitrogens is 4. The largest absolute Gasteiger partial charge is 0.358 e. The zero-order chi connectivity index (χ0) is 20.5. The molecule has 2 heterocycles. The summed E-state index contributed by atoms with van der Waals surface area (Å²) in [6.45, 7) is 0. The summed E-state index contributed by atoms with van der Waals surface area (Å²) in [4.78, 5) is 43.8. The van der Waals surface area contributed by atoms with E-state index in [2.05, 4.69) is 10.3 Å². The minimum atomic E-state index is -1.22. The van der Waals surface area contributed by atoms with Gasteiger partial charge in [0.2, 0.25) is 5.78 Å². The Morgan fingerprint density at radius 2 is 1.59 bits per heavy atom. The molecule has 1 N–H and O–H groups in total. The van der Waals surface area contributed by atoms with Crippen molar-refractivity contribution in [3.63, 3.8) is 0 Å². The molecule has 2 aromatic heterocycles. The summed E-state index contributed by atoms with van der Waals surface area (Å²) < 4.78 is 3.77. The SMILES string of the molecule is Cn1cnc2c1c(=O)n(C(Nc1ccccc1)C(=O)c1ccccc1)c(=O)n2C. The number of carbonyl (C=O) groups excluding carboxylic acids is 1. The summed E-state index contributed by atoms with van der Waals surface area (Å²) in [5, 5.41) is 3.05. The van der Waals surface area contributed by atoms with Gasteiger partial charge >= 0.3 is 5.69 Å². The van der Waals surface area contributed by atoms with Crippen LogP contribution in [0.1, 0.15) is 16.5 Å². The van der Waals surface area contributed by atoms with Gasteiger partial charge in [-0.05, 0) is 12.1 Å². The number of imidazole rings is 1. The van der Waals surface area contributed by atoms with Crippen molar-refractivity contribution in [2.75, 3.05) is 5.32 Å². The molecule has 4 rings (SSSR count). The second-order valence-corrected chi connectivity index (χ2v) is 6.69. The minimum Gasteiger partial charge on any atom is -0.358 e. The van der Waals surface area contributed by atoms with Gasteiger partial charge in [-0.25, -0.2) is 14.3 Å². The molecule has 0 aliphatic carbocycles. The molecular weight excluding hydrogens is 370 g/mol. The Balaban J connectivity index is 1.96. The molecule has 146 valence electrons. The van der Waals surface area contributed by atoms with Crippen molar-refractivity contribution < 1.29 is 4.79 Å². The maximum Gasteiger partial charge on any atom is 0.334 e. The second-order valence-electron chi connectivity index (χ2n) is 6.69. The molecule has 8 heteroatoms. The van der Waals surface area contributed by atoms with Crippen LogP contribution in [0.15, 0.2) is 76.6 Å². The van der Waals surface area contributed by atoms with E-state index in [1.165, 1.54) is 17.9 Å². The summed E-state index contributed by atoms with van der Waals surface area (Å²) in [7, 11) is 3.20. The van der Waals surface area contributed by atoms with Gasteiger partial charge in [-0.3, -0.25) is 14.2 Å². The molecule has 2 aromatic carbocycles. The smallest absolute Gasteiger partial charge is 0.334 e. The molecule has 29 heavy (non-hydrogen) atoms. The molecule has 0 saturated heterocycles. The average Bonchev–Trinajstić information content (AvgIpc) is 3.14. The summed E-state index contributed by atoms with van der Waals surface area (Å²) in [6, 6.07) is 17.5. The Labute approximate surface area is 165 Å². The molecule has 0 radical (unpaired) electrons. The highest BCUT2D eigenvalue weighted by Gasteiger charge is 2.28. The van der Waals surface area contributed by atoms with Crippen LogP contribution in [0.25, 0.3) is 11.2 Å². The van der Waals surface area contributed by atoms with Gasteiger partial charge in [0, 0.05) is 25.3 Å². The lowest BCUT2D eigenvalue weighted by Gasteiger charge is -2.21. The Bertz CT molecular complexity index is 1300. The third kappa shape index (κ3) is 3.14. The summed E-state index contributed by atoms with van der Waals surface area (Å²) >= 11 is 0. The highest BCUT2D eigenvalue weighted by atomic mass is 16.2. The lowest BCUT2D eigenvalue weighted by Crippen LogP contribution is -2.46. The van der Waals surface area contributed by atoms with Gasteiger partial charge in [0.25, 0.3) is 5.56 Å². The van der Waals surface area contributed by atoms with Crippen LogP contribution in [0.4, 0.5) is 5.69 Å². The summed E-state index contributed by atoms with van der Waals surface area (Å²) in [5.74, 6) is -0.393.